The molecule has 5 rings (SSSR count). The van der Waals surface area contributed by atoms with Crippen LogP contribution in [0.3, 0.4) is 0 Å². The van der Waals surface area contributed by atoms with Gasteiger partial charge in [-0.2, -0.15) is 5.26 Å². The maximum Gasteiger partial charge on any atom is 0.245 e. The molecule has 0 saturated heterocycles. The third-order valence-electron chi connectivity index (χ3n) is 6.05. The lowest BCUT2D eigenvalue weighted by atomic mass is 9.64. The van der Waals surface area contributed by atoms with E-state index in [4.69, 9.17) is 5.73 Å². The second kappa shape index (κ2) is 6.51. The number of benzene rings is 2. The SMILES string of the molecule is N#CC1=C(N)N(c2cccc(F)c2)C2=C(C(=O)CCC2)[C@@]12C(=O)Nc1ccc(F)cc12. The van der Waals surface area contributed by atoms with Crippen LogP contribution < -0.4 is 16.0 Å². The van der Waals surface area contributed by atoms with Gasteiger partial charge in [-0.25, -0.2) is 8.78 Å². The number of nitrogens with one attached hydrogen (secondary N) is 1. The van der Waals surface area contributed by atoms with Crippen molar-refractivity contribution in [2.24, 2.45) is 5.73 Å². The fourth-order valence-electron chi connectivity index (χ4n) is 4.87. The standard InChI is InChI=1S/C23H16F2N4O2/c24-12-3-1-4-14(9-12)29-18-5-2-6-19(30)20(18)23(16(11-26)21(29)27)15-10-13(25)7-8-17(15)28-22(23)31/h1,3-4,7-10H,2,5-6,27H2,(H,28,31)/t23-/m0/s1. The summed E-state index contributed by atoms with van der Waals surface area (Å²) in [5.74, 6) is -2.17. The Morgan fingerprint density at radius 3 is 2.61 bits per heavy atom. The number of Topliss-reactive ketones (excluding diaryl/α,β-unsaturated/α-hetero) is 1. The Hall–Kier alpha value is -3.99. The zero-order valence-electron chi connectivity index (χ0n) is 16.2. The minimum Gasteiger partial charge on any atom is -0.384 e. The van der Waals surface area contributed by atoms with Gasteiger partial charge in [0.1, 0.15) is 28.9 Å². The molecule has 31 heavy (non-hydrogen) atoms. The van der Waals surface area contributed by atoms with Crippen molar-refractivity contribution in [3.8, 4) is 6.07 Å². The van der Waals surface area contributed by atoms with E-state index in [-0.39, 0.29) is 34.7 Å². The summed E-state index contributed by atoms with van der Waals surface area (Å²) >= 11 is 0. The van der Waals surface area contributed by atoms with Gasteiger partial charge in [0.15, 0.2) is 5.78 Å². The summed E-state index contributed by atoms with van der Waals surface area (Å²) in [5.41, 5.74) is 5.74. The minimum atomic E-state index is -1.84. The van der Waals surface area contributed by atoms with Gasteiger partial charge in [-0.1, -0.05) is 6.07 Å². The Kier molecular flexibility index (Phi) is 3.99. The van der Waals surface area contributed by atoms with Crippen molar-refractivity contribution in [3.05, 3.63) is 82.3 Å². The summed E-state index contributed by atoms with van der Waals surface area (Å²) in [6, 6.07) is 11.3. The number of carbonyl (C=O) groups is 2. The summed E-state index contributed by atoms with van der Waals surface area (Å²) < 4.78 is 28.2. The van der Waals surface area contributed by atoms with Crippen LogP contribution in [-0.2, 0) is 15.0 Å². The second-order valence-corrected chi connectivity index (χ2v) is 7.68. The highest BCUT2D eigenvalue weighted by molar-refractivity contribution is 6.19. The molecule has 3 N–H and O–H groups in total. The number of nitriles is 1. The van der Waals surface area contributed by atoms with Crippen LogP contribution in [0.4, 0.5) is 20.2 Å². The van der Waals surface area contributed by atoms with E-state index >= 15 is 0 Å². The first-order chi connectivity index (χ1) is 14.9. The molecule has 1 atom stereocenters. The van der Waals surface area contributed by atoms with Crippen LogP contribution in [0.2, 0.25) is 0 Å². The lowest BCUT2D eigenvalue weighted by Crippen LogP contribution is -2.50. The highest BCUT2D eigenvalue weighted by atomic mass is 19.1. The van der Waals surface area contributed by atoms with Gasteiger partial charge >= 0.3 is 0 Å². The number of nitrogens with zero attached hydrogens (tertiary/aromatic N) is 2. The van der Waals surface area contributed by atoms with E-state index in [9.17, 15) is 23.6 Å². The number of carbonyl (C=O) groups excluding carboxylic acids is 2. The maximum atomic E-state index is 14.2. The van der Waals surface area contributed by atoms with E-state index in [0.717, 1.165) is 6.07 Å². The van der Waals surface area contributed by atoms with Gasteiger partial charge in [-0.05, 0) is 49.2 Å². The van der Waals surface area contributed by atoms with Crippen molar-refractivity contribution in [3.63, 3.8) is 0 Å². The van der Waals surface area contributed by atoms with Crippen LogP contribution in [0.25, 0.3) is 0 Å². The molecule has 2 heterocycles. The third-order valence-corrected chi connectivity index (χ3v) is 6.05. The van der Waals surface area contributed by atoms with Crippen LogP contribution in [0.15, 0.2) is 65.1 Å². The van der Waals surface area contributed by atoms with Crippen molar-refractivity contribution in [2.75, 3.05) is 10.2 Å². The van der Waals surface area contributed by atoms with Crippen LogP contribution in [-0.4, -0.2) is 11.7 Å². The van der Waals surface area contributed by atoms with E-state index in [1.165, 1.54) is 35.2 Å². The number of amides is 1. The van der Waals surface area contributed by atoms with Gasteiger partial charge in [-0.15, -0.1) is 0 Å². The molecule has 0 unspecified atom stereocenters. The summed E-state index contributed by atoms with van der Waals surface area (Å²) in [6.45, 7) is 0. The normalized spacial score (nSPS) is 22.4. The van der Waals surface area contributed by atoms with Crippen molar-refractivity contribution >= 4 is 23.1 Å². The lowest BCUT2D eigenvalue weighted by Gasteiger charge is -2.43. The van der Waals surface area contributed by atoms with E-state index in [0.29, 0.717) is 29.9 Å². The molecule has 3 aliphatic rings. The fourth-order valence-corrected chi connectivity index (χ4v) is 4.87. The number of anilines is 2. The first-order valence-corrected chi connectivity index (χ1v) is 9.74. The lowest BCUT2D eigenvalue weighted by molar-refractivity contribution is -0.122. The van der Waals surface area contributed by atoms with Gasteiger partial charge in [0.25, 0.3) is 0 Å². The zero-order valence-corrected chi connectivity index (χ0v) is 16.2. The number of fused-ring (bicyclic) bond motifs is 3. The first kappa shape index (κ1) is 19.0. The molecule has 6 nitrogen and oxygen atoms in total. The molecule has 0 fully saturated rings. The fraction of sp³-hybridized carbons (Fsp3) is 0.174. The molecule has 8 heteroatoms. The second-order valence-electron chi connectivity index (χ2n) is 7.68. The van der Waals surface area contributed by atoms with Crippen LogP contribution in [0.1, 0.15) is 24.8 Å². The number of hydrogen-bond acceptors (Lipinski definition) is 5. The average molecular weight is 418 g/mol. The predicted molar refractivity (Wildman–Crippen MR) is 108 cm³/mol. The Morgan fingerprint density at radius 2 is 1.87 bits per heavy atom. The number of rotatable bonds is 1. The van der Waals surface area contributed by atoms with Crippen molar-refractivity contribution in [2.45, 2.75) is 24.7 Å². The van der Waals surface area contributed by atoms with Crippen molar-refractivity contribution in [1.82, 2.24) is 0 Å². The number of nitrogens with two attached hydrogens (primary N) is 1. The monoisotopic (exact) mass is 418 g/mol. The van der Waals surface area contributed by atoms with Crippen LogP contribution in [0.5, 0.6) is 0 Å². The number of halogens is 2. The van der Waals surface area contributed by atoms with E-state index in [1.54, 1.807) is 6.07 Å². The highest BCUT2D eigenvalue weighted by Crippen LogP contribution is 2.55. The summed E-state index contributed by atoms with van der Waals surface area (Å²) in [6.07, 6.45) is 1.07. The molecule has 0 aromatic heterocycles. The number of ketones is 1. The van der Waals surface area contributed by atoms with Gasteiger partial charge in [0.2, 0.25) is 5.91 Å². The van der Waals surface area contributed by atoms with Crippen molar-refractivity contribution in [1.29, 1.82) is 5.26 Å². The molecule has 1 aliphatic carbocycles. The van der Waals surface area contributed by atoms with Gasteiger partial charge in [0.05, 0.1) is 11.3 Å². The van der Waals surface area contributed by atoms with Crippen molar-refractivity contribution < 1.29 is 18.4 Å². The number of allylic oxidation sites excluding steroid dienone is 1. The average Bonchev–Trinajstić information content (AvgIpc) is 3.00. The summed E-state index contributed by atoms with van der Waals surface area (Å²) in [4.78, 5) is 28.1. The molecule has 0 bridgehead atoms. The molecular formula is C23H16F2N4O2. The minimum absolute atomic E-state index is 0.0891. The third kappa shape index (κ3) is 2.40. The molecule has 1 spiro atoms. The molecule has 0 radical (unpaired) electrons. The van der Waals surface area contributed by atoms with Gasteiger partial charge in [0, 0.05) is 28.9 Å². The zero-order chi connectivity index (χ0) is 21.9. The van der Waals surface area contributed by atoms with Gasteiger partial charge < -0.3 is 11.1 Å². The Labute approximate surface area is 176 Å². The van der Waals surface area contributed by atoms with E-state index in [2.05, 4.69) is 5.32 Å². The molecular weight excluding hydrogens is 402 g/mol. The number of hydrogen-bond donors (Lipinski definition) is 2. The Bertz CT molecular complexity index is 1290. The first-order valence-electron chi connectivity index (χ1n) is 9.74. The van der Waals surface area contributed by atoms with Gasteiger partial charge in [-0.3, -0.25) is 14.5 Å². The largest absolute Gasteiger partial charge is 0.384 e. The van der Waals surface area contributed by atoms with E-state index in [1.807, 2.05) is 6.07 Å². The Morgan fingerprint density at radius 1 is 1.10 bits per heavy atom. The van der Waals surface area contributed by atoms with Crippen LogP contribution >= 0.6 is 0 Å². The topological polar surface area (TPSA) is 99.2 Å². The molecule has 2 aliphatic heterocycles. The van der Waals surface area contributed by atoms with Crippen LogP contribution in [0, 0.1) is 23.0 Å². The summed E-state index contributed by atoms with van der Waals surface area (Å²) in [5, 5.41) is 12.8. The smallest absolute Gasteiger partial charge is 0.245 e. The predicted octanol–water partition coefficient (Wildman–Crippen LogP) is 3.38. The quantitative estimate of drug-likeness (QED) is 0.740. The molecule has 2 aromatic rings. The molecule has 2 aromatic carbocycles. The van der Waals surface area contributed by atoms with E-state index < -0.39 is 23.0 Å². The molecule has 0 saturated carbocycles. The maximum absolute atomic E-state index is 14.2. The Balaban J connectivity index is 1.90. The molecule has 154 valence electrons. The summed E-state index contributed by atoms with van der Waals surface area (Å²) in [7, 11) is 0. The highest BCUT2D eigenvalue weighted by Gasteiger charge is 2.60. The molecule has 1 amide bonds.